The van der Waals surface area contributed by atoms with E-state index < -0.39 is 35.9 Å². The van der Waals surface area contributed by atoms with Crippen LogP contribution >= 0.6 is 0 Å². The van der Waals surface area contributed by atoms with E-state index in [1.165, 1.54) is 6.92 Å². The van der Waals surface area contributed by atoms with Gasteiger partial charge in [0, 0.05) is 0 Å². The van der Waals surface area contributed by atoms with Gasteiger partial charge in [0.15, 0.2) is 0 Å². The predicted octanol–water partition coefficient (Wildman–Crippen LogP) is 0.480. The Kier molecular flexibility index (Phi) is 8.70. The second-order valence-electron chi connectivity index (χ2n) is 6.19. The van der Waals surface area contributed by atoms with E-state index in [1.54, 1.807) is 0 Å². The Balaban J connectivity index is 5.01. The first kappa shape index (κ1) is 20.4. The zero-order chi connectivity index (χ0) is 17.4. The minimum absolute atomic E-state index is 0.127. The first-order valence-electron chi connectivity index (χ1n) is 7.69. The van der Waals surface area contributed by atoms with Crippen LogP contribution in [-0.4, -0.2) is 41.0 Å². The van der Waals surface area contributed by atoms with Crippen molar-refractivity contribution in [2.45, 2.75) is 65.6 Å². The Bertz CT molecular complexity index is 396. The molecule has 128 valence electrons. The normalized spacial score (nSPS) is 16.5. The van der Waals surface area contributed by atoms with Crippen LogP contribution in [0.3, 0.4) is 0 Å². The number of carbonyl (C=O) groups is 3. The van der Waals surface area contributed by atoms with E-state index in [2.05, 4.69) is 10.6 Å². The average molecular weight is 315 g/mol. The smallest absolute Gasteiger partial charge is 0.326 e. The maximum absolute atomic E-state index is 12.4. The molecule has 7 nitrogen and oxygen atoms in total. The molecule has 0 fully saturated rings. The summed E-state index contributed by atoms with van der Waals surface area (Å²) in [6.07, 6.45) is 0.995. The molecule has 7 heteroatoms. The number of carboxylic acid groups (broad SMARTS) is 1. The second-order valence-corrected chi connectivity index (χ2v) is 6.19. The van der Waals surface area contributed by atoms with Crippen LogP contribution in [0.2, 0.25) is 0 Å². The third kappa shape index (κ3) is 6.89. The lowest BCUT2D eigenvalue weighted by atomic mass is 9.96. The Morgan fingerprint density at radius 3 is 1.95 bits per heavy atom. The summed E-state index contributed by atoms with van der Waals surface area (Å²) in [5.41, 5.74) is 5.50. The molecule has 0 aliphatic carbocycles. The largest absolute Gasteiger partial charge is 0.480 e. The van der Waals surface area contributed by atoms with Gasteiger partial charge in [0.2, 0.25) is 11.8 Å². The highest BCUT2D eigenvalue weighted by Crippen LogP contribution is 2.10. The molecule has 4 atom stereocenters. The van der Waals surface area contributed by atoms with Crippen LogP contribution in [0.4, 0.5) is 0 Å². The second kappa shape index (κ2) is 9.40. The van der Waals surface area contributed by atoms with Crippen LogP contribution in [0.25, 0.3) is 0 Å². The molecule has 0 aliphatic rings. The fourth-order valence-electron chi connectivity index (χ4n) is 1.94. The number of carbonyl (C=O) groups excluding carboxylic acids is 2. The van der Waals surface area contributed by atoms with Crippen molar-refractivity contribution >= 4 is 17.8 Å². The summed E-state index contributed by atoms with van der Waals surface area (Å²) >= 11 is 0. The van der Waals surface area contributed by atoms with Gasteiger partial charge in [0.05, 0.1) is 6.04 Å². The number of amides is 2. The van der Waals surface area contributed by atoms with Crippen LogP contribution in [0, 0.1) is 11.8 Å². The molecule has 0 saturated heterocycles. The lowest BCUT2D eigenvalue weighted by molar-refractivity contribution is -0.143. The van der Waals surface area contributed by atoms with Crippen molar-refractivity contribution in [3.05, 3.63) is 0 Å². The van der Waals surface area contributed by atoms with Crippen molar-refractivity contribution in [3.8, 4) is 0 Å². The van der Waals surface area contributed by atoms with Crippen molar-refractivity contribution in [2.75, 3.05) is 0 Å². The Labute approximate surface area is 132 Å². The summed E-state index contributed by atoms with van der Waals surface area (Å²) in [6, 6.07) is -2.49. The third-order valence-electron chi connectivity index (χ3n) is 3.53. The fourth-order valence-corrected chi connectivity index (χ4v) is 1.94. The molecule has 22 heavy (non-hydrogen) atoms. The van der Waals surface area contributed by atoms with Gasteiger partial charge in [0.1, 0.15) is 12.1 Å². The van der Waals surface area contributed by atoms with Gasteiger partial charge in [-0.05, 0) is 25.2 Å². The maximum atomic E-state index is 12.4. The van der Waals surface area contributed by atoms with E-state index in [1.807, 2.05) is 27.7 Å². The Morgan fingerprint density at radius 2 is 1.59 bits per heavy atom. The number of nitrogens with two attached hydrogens (primary N) is 1. The summed E-state index contributed by atoms with van der Waals surface area (Å²) in [4.78, 5) is 35.4. The monoisotopic (exact) mass is 315 g/mol. The third-order valence-corrected chi connectivity index (χ3v) is 3.53. The van der Waals surface area contributed by atoms with Crippen molar-refractivity contribution in [1.82, 2.24) is 10.6 Å². The molecule has 0 rings (SSSR count). The predicted molar refractivity (Wildman–Crippen MR) is 84.1 cm³/mol. The lowest BCUT2D eigenvalue weighted by Crippen LogP contribution is -2.56. The molecule has 0 aromatic carbocycles. The standard InChI is InChI=1S/C15H29N3O4/c1-6-9(4)12(18-13(19)10(5)16)14(20)17-11(15(21)22)7-8(2)3/h8-12H,6-7,16H2,1-5H3,(H,17,20)(H,18,19)(H,21,22)/t9-,10-,11-,12-/m0/s1. The van der Waals surface area contributed by atoms with E-state index in [-0.39, 0.29) is 11.8 Å². The number of rotatable bonds is 9. The molecule has 0 heterocycles. The molecule has 0 bridgehead atoms. The zero-order valence-electron chi connectivity index (χ0n) is 14.1. The van der Waals surface area contributed by atoms with E-state index >= 15 is 0 Å². The number of hydrogen-bond donors (Lipinski definition) is 4. The first-order valence-corrected chi connectivity index (χ1v) is 7.69. The van der Waals surface area contributed by atoms with Gasteiger partial charge in [-0.3, -0.25) is 9.59 Å². The summed E-state index contributed by atoms with van der Waals surface area (Å²) in [5.74, 6) is -2.01. The van der Waals surface area contributed by atoms with Gasteiger partial charge in [-0.15, -0.1) is 0 Å². The van der Waals surface area contributed by atoms with Crippen LogP contribution in [0.5, 0.6) is 0 Å². The lowest BCUT2D eigenvalue weighted by Gasteiger charge is -2.26. The highest BCUT2D eigenvalue weighted by molar-refractivity contribution is 5.91. The maximum Gasteiger partial charge on any atom is 0.326 e. The zero-order valence-corrected chi connectivity index (χ0v) is 14.1. The number of hydrogen-bond acceptors (Lipinski definition) is 4. The molecule has 0 saturated carbocycles. The van der Waals surface area contributed by atoms with Crippen LogP contribution in [-0.2, 0) is 14.4 Å². The van der Waals surface area contributed by atoms with Crippen molar-refractivity contribution in [2.24, 2.45) is 17.6 Å². The minimum Gasteiger partial charge on any atom is -0.480 e. The van der Waals surface area contributed by atoms with Crippen LogP contribution < -0.4 is 16.4 Å². The molecule has 0 aromatic rings. The summed E-state index contributed by atoms with van der Waals surface area (Å²) in [7, 11) is 0. The molecule has 0 spiro atoms. The highest BCUT2D eigenvalue weighted by Gasteiger charge is 2.30. The van der Waals surface area contributed by atoms with E-state index in [0.29, 0.717) is 12.8 Å². The molecule has 0 aliphatic heterocycles. The van der Waals surface area contributed by atoms with E-state index in [4.69, 9.17) is 5.73 Å². The van der Waals surface area contributed by atoms with E-state index in [9.17, 15) is 19.5 Å². The van der Waals surface area contributed by atoms with Gasteiger partial charge in [0.25, 0.3) is 0 Å². The van der Waals surface area contributed by atoms with Gasteiger partial charge >= 0.3 is 5.97 Å². The van der Waals surface area contributed by atoms with Gasteiger partial charge in [-0.2, -0.15) is 0 Å². The van der Waals surface area contributed by atoms with Crippen LogP contribution in [0.1, 0.15) is 47.5 Å². The number of aliphatic carboxylic acids is 1. The van der Waals surface area contributed by atoms with Crippen molar-refractivity contribution in [1.29, 1.82) is 0 Å². The Hall–Kier alpha value is -1.63. The summed E-state index contributed by atoms with van der Waals surface area (Å²) in [6.45, 7) is 9.01. The van der Waals surface area contributed by atoms with Crippen molar-refractivity contribution < 1.29 is 19.5 Å². The summed E-state index contributed by atoms with van der Waals surface area (Å²) < 4.78 is 0. The molecule has 0 aromatic heterocycles. The van der Waals surface area contributed by atoms with Gasteiger partial charge < -0.3 is 21.5 Å². The quantitative estimate of drug-likeness (QED) is 0.493. The number of carboxylic acids is 1. The molecular weight excluding hydrogens is 286 g/mol. The SMILES string of the molecule is CC[C@H](C)[C@H](NC(=O)[C@H](C)N)C(=O)N[C@@H](CC(C)C)C(=O)O. The average Bonchev–Trinajstić information content (AvgIpc) is 2.41. The Morgan fingerprint density at radius 1 is 1.05 bits per heavy atom. The van der Waals surface area contributed by atoms with Crippen molar-refractivity contribution in [3.63, 3.8) is 0 Å². The number of nitrogens with one attached hydrogen (secondary N) is 2. The minimum atomic E-state index is -1.08. The molecule has 0 radical (unpaired) electrons. The molecular formula is C15H29N3O4. The van der Waals surface area contributed by atoms with Crippen LogP contribution in [0.15, 0.2) is 0 Å². The first-order chi connectivity index (χ1) is 10.1. The van der Waals surface area contributed by atoms with Gasteiger partial charge in [-0.25, -0.2) is 4.79 Å². The van der Waals surface area contributed by atoms with Gasteiger partial charge in [-0.1, -0.05) is 34.1 Å². The topological polar surface area (TPSA) is 122 Å². The molecule has 0 unspecified atom stereocenters. The molecule has 5 N–H and O–H groups in total. The molecule has 2 amide bonds. The highest BCUT2D eigenvalue weighted by atomic mass is 16.4. The van der Waals surface area contributed by atoms with E-state index in [0.717, 1.165) is 0 Å². The summed E-state index contributed by atoms with van der Waals surface area (Å²) in [5, 5.41) is 14.3. The fraction of sp³-hybridized carbons (Fsp3) is 0.800.